The lowest BCUT2D eigenvalue weighted by Crippen LogP contribution is -2.28. The molecule has 1 saturated heterocycles. The molecule has 25 heavy (non-hydrogen) atoms. The molecule has 2 heterocycles. The second-order valence-corrected chi connectivity index (χ2v) is 7.91. The van der Waals surface area contributed by atoms with Gasteiger partial charge in [0.1, 0.15) is 10.7 Å². The molecule has 1 amide bonds. The number of carbonyl (C=O) groups is 1. The second-order valence-electron chi connectivity index (χ2n) is 5.59. The molecule has 1 aliphatic rings. The molecule has 6 nitrogen and oxygen atoms in total. The Balaban J connectivity index is 1.78. The molecule has 0 bridgehead atoms. The fourth-order valence-corrected chi connectivity index (χ4v) is 4.59. The lowest BCUT2D eigenvalue weighted by atomic mass is 10.3. The highest BCUT2D eigenvalue weighted by atomic mass is 35.5. The molecule has 1 aliphatic heterocycles. The summed E-state index contributed by atoms with van der Waals surface area (Å²) in [5.74, 6) is 0.145. The fraction of sp³-hybridized carbons (Fsp3) is 0.235. The van der Waals surface area contributed by atoms with Gasteiger partial charge in [-0.1, -0.05) is 11.6 Å². The summed E-state index contributed by atoms with van der Waals surface area (Å²) < 4.78 is 31.9. The first-order valence-electron chi connectivity index (χ1n) is 7.79. The third kappa shape index (κ3) is 4.12. The monoisotopic (exact) mass is 380 g/mol. The number of hydrogen-bond donors (Lipinski definition) is 1. The van der Waals surface area contributed by atoms with Gasteiger partial charge in [0, 0.05) is 24.9 Å². The Morgan fingerprint density at radius 2 is 2.00 bits per heavy atom. The number of carbonyl (C=O) groups excluding carboxylic acids is 1. The van der Waals surface area contributed by atoms with Crippen molar-refractivity contribution in [3.8, 4) is 0 Å². The van der Waals surface area contributed by atoms with Gasteiger partial charge in [-0.15, -0.1) is 0 Å². The number of halogens is 1. The van der Waals surface area contributed by atoms with Crippen LogP contribution in [0.25, 0.3) is 6.08 Å². The van der Waals surface area contributed by atoms with Crippen LogP contribution < -0.4 is 5.32 Å². The van der Waals surface area contributed by atoms with E-state index in [1.165, 1.54) is 34.9 Å². The quantitative estimate of drug-likeness (QED) is 0.806. The lowest BCUT2D eigenvalue weighted by molar-refractivity contribution is -0.111. The van der Waals surface area contributed by atoms with Crippen LogP contribution in [0.15, 0.2) is 52.0 Å². The van der Waals surface area contributed by atoms with Crippen molar-refractivity contribution < 1.29 is 17.6 Å². The van der Waals surface area contributed by atoms with Gasteiger partial charge in [0.2, 0.25) is 15.9 Å². The molecule has 1 fully saturated rings. The molecule has 132 valence electrons. The summed E-state index contributed by atoms with van der Waals surface area (Å²) in [6.07, 6.45) is 6.01. The van der Waals surface area contributed by atoms with E-state index in [1.54, 1.807) is 18.2 Å². The summed E-state index contributed by atoms with van der Waals surface area (Å²) in [5.41, 5.74) is 0.358. The van der Waals surface area contributed by atoms with Crippen LogP contribution in [0.4, 0.5) is 5.69 Å². The first-order valence-corrected chi connectivity index (χ1v) is 9.61. The maximum Gasteiger partial charge on any atom is 0.248 e. The van der Waals surface area contributed by atoms with Crippen LogP contribution in [-0.4, -0.2) is 31.7 Å². The summed E-state index contributed by atoms with van der Waals surface area (Å²) >= 11 is 6.08. The third-order valence-corrected chi connectivity index (χ3v) is 6.20. The molecular formula is C17H17ClN2O4S. The number of nitrogens with one attached hydrogen (secondary N) is 1. The van der Waals surface area contributed by atoms with Gasteiger partial charge in [0.15, 0.2) is 0 Å². The molecule has 0 radical (unpaired) electrons. The minimum atomic E-state index is -3.66. The Kier molecular flexibility index (Phi) is 5.27. The number of hydrogen-bond acceptors (Lipinski definition) is 4. The molecule has 0 aliphatic carbocycles. The van der Waals surface area contributed by atoms with Crippen LogP contribution in [0, 0.1) is 0 Å². The van der Waals surface area contributed by atoms with Crippen molar-refractivity contribution in [1.29, 1.82) is 0 Å². The van der Waals surface area contributed by atoms with Gasteiger partial charge in [0.25, 0.3) is 0 Å². The first kappa shape index (κ1) is 17.7. The van der Waals surface area contributed by atoms with E-state index in [0.717, 1.165) is 12.8 Å². The Morgan fingerprint density at radius 3 is 2.68 bits per heavy atom. The van der Waals surface area contributed by atoms with E-state index in [0.29, 0.717) is 24.5 Å². The van der Waals surface area contributed by atoms with Crippen LogP contribution in [0.1, 0.15) is 18.6 Å². The molecular weight excluding hydrogens is 364 g/mol. The molecule has 1 aromatic heterocycles. The van der Waals surface area contributed by atoms with Gasteiger partial charge in [-0.25, -0.2) is 8.42 Å². The number of nitrogens with zero attached hydrogens (tertiary/aromatic N) is 1. The van der Waals surface area contributed by atoms with E-state index in [4.69, 9.17) is 16.0 Å². The van der Waals surface area contributed by atoms with Crippen LogP contribution in [0.2, 0.25) is 5.02 Å². The average molecular weight is 381 g/mol. The Hall–Kier alpha value is -2.09. The van der Waals surface area contributed by atoms with Gasteiger partial charge in [-0.3, -0.25) is 4.79 Å². The van der Waals surface area contributed by atoms with E-state index in [9.17, 15) is 13.2 Å². The highest BCUT2D eigenvalue weighted by molar-refractivity contribution is 7.89. The fourth-order valence-electron chi connectivity index (χ4n) is 2.57. The van der Waals surface area contributed by atoms with Crippen molar-refractivity contribution in [2.24, 2.45) is 0 Å². The summed E-state index contributed by atoms with van der Waals surface area (Å²) in [4.78, 5) is 12.0. The highest BCUT2D eigenvalue weighted by Gasteiger charge is 2.29. The molecule has 1 aromatic carbocycles. The van der Waals surface area contributed by atoms with Gasteiger partial charge in [0.05, 0.1) is 11.3 Å². The Morgan fingerprint density at radius 1 is 1.24 bits per heavy atom. The smallest absolute Gasteiger partial charge is 0.248 e. The first-order chi connectivity index (χ1) is 12.0. The number of furan rings is 1. The van der Waals surface area contributed by atoms with Gasteiger partial charge >= 0.3 is 0 Å². The zero-order valence-corrected chi connectivity index (χ0v) is 14.9. The molecule has 0 atom stereocenters. The third-order valence-electron chi connectivity index (χ3n) is 3.82. The number of sulfonamides is 1. The second kappa shape index (κ2) is 7.43. The van der Waals surface area contributed by atoms with Crippen molar-refractivity contribution in [3.63, 3.8) is 0 Å². The Labute approximate surface area is 151 Å². The van der Waals surface area contributed by atoms with Crippen molar-refractivity contribution in [1.82, 2.24) is 4.31 Å². The molecule has 2 aromatic rings. The molecule has 8 heteroatoms. The molecule has 3 rings (SSSR count). The summed E-state index contributed by atoms with van der Waals surface area (Å²) in [7, 11) is -3.66. The summed E-state index contributed by atoms with van der Waals surface area (Å²) in [6.45, 7) is 0.974. The minimum Gasteiger partial charge on any atom is -0.465 e. The lowest BCUT2D eigenvalue weighted by Gasteiger charge is -2.17. The SMILES string of the molecule is O=C(/C=C/c1ccco1)Nc1ccc(Cl)c(S(=O)(=O)N2CCCC2)c1. The van der Waals surface area contributed by atoms with E-state index in [2.05, 4.69) is 5.32 Å². The normalized spacial score (nSPS) is 15.7. The summed E-state index contributed by atoms with van der Waals surface area (Å²) in [5, 5.41) is 2.76. The van der Waals surface area contributed by atoms with Crippen molar-refractivity contribution in [2.75, 3.05) is 18.4 Å². The zero-order chi connectivity index (χ0) is 17.9. The minimum absolute atomic E-state index is 0.00359. The van der Waals surface area contributed by atoms with Crippen molar-refractivity contribution >= 4 is 39.3 Å². The largest absolute Gasteiger partial charge is 0.465 e. The van der Waals surface area contributed by atoms with E-state index >= 15 is 0 Å². The predicted molar refractivity (Wildman–Crippen MR) is 95.8 cm³/mol. The maximum absolute atomic E-state index is 12.7. The van der Waals surface area contributed by atoms with Gasteiger partial charge < -0.3 is 9.73 Å². The number of amides is 1. The van der Waals surface area contributed by atoms with Crippen molar-refractivity contribution in [2.45, 2.75) is 17.7 Å². The van der Waals surface area contributed by atoms with Gasteiger partial charge in [-0.2, -0.15) is 4.31 Å². The van der Waals surface area contributed by atoms with E-state index in [-0.39, 0.29) is 9.92 Å². The van der Waals surface area contributed by atoms with Crippen LogP contribution in [-0.2, 0) is 14.8 Å². The molecule has 1 N–H and O–H groups in total. The standard InChI is InChI=1S/C17H17ClN2O4S/c18-15-7-5-13(19-17(21)8-6-14-4-3-11-24-14)12-16(15)25(22,23)20-9-1-2-10-20/h3-8,11-12H,1-2,9-10H2,(H,19,21)/b8-6+. The number of rotatable bonds is 5. The molecule has 0 saturated carbocycles. The van der Waals surface area contributed by atoms with Crippen molar-refractivity contribution in [3.05, 3.63) is 53.5 Å². The van der Waals surface area contributed by atoms with Crippen LogP contribution in [0.3, 0.4) is 0 Å². The molecule has 0 unspecified atom stereocenters. The van der Waals surface area contributed by atoms with Crippen LogP contribution >= 0.6 is 11.6 Å². The predicted octanol–water partition coefficient (Wildman–Crippen LogP) is 3.37. The number of anilines is 1. The van der Waals surface area contributed by atoms with E-state index in [1.807, 2.05) is 0 Å². The maximum atomic E-state index is 12.7. The Bertz CT molecular complexity index is 885. The van der Waals surface area contributed by atoms with Crippen LogP contribution in [0.5, 0.6) is 0 Å². The average Bonchev–Trinajstić information content (AvgIpc) is 3.28. The highest BCUT2D eigenvalue weighted by Crippen LogP contribution is 2.29. The topological polar surface area (TPSA) is 79.6 Å². The number of benzene rings is 1. The summed E-state index contributed by atoms with van der Waals surface area (Å²) in [6, 6.07) is 7.84. The van der Waals surface area contributed by atoms with Gasteiger partial charge in [-0.05, 0) is 49.2 Å². The molecule has 0 spiro atoms. The van der Waals surface area contributed by atoms with E-state index < -0.39 is 15.9 Å². The zero-order valence-electron chi connectivity index (χ0n) is 13.3.